The molecule has 2 aromatic heterocycles. The second-order valence-electron chi connectivity index (χ2n) is 3.84. The number of hydrogen-bond acceptors (Lipinski definition) is 1. The van der Waals surface area contributed by atoms with Crippen LogP contribution in [0.15, 0.2) is 61.2 Å². The fourth-order valence-electron chi connectivity index (χ4n) is 1.61. The highest BCUT2D eigenvalue weighted by molar-refractivity contribution is 4.84. The Morgan fingerprint density at radius 1 is 0.579 bits per heavy atom. The van der Waals surface area contributed by atoms with Crippen molar-refractivity contribution in [1.29, 1.82) is 0 Å². The summed E-state index contributed by atoms with van der Waals surface area (Å²) in [7, 11) is 0. The first-order valence-electron chi connectivity index (χ1n) is 5.91. The third-order valence-corrected chi connectivity index (χ3v) is 2.54. The summed E-state index contributed by atoms with van der Waals surface area (Å²) in [5.74, 6) is 0. The third-order valence-electron chi connectivity index (χ3n) is 2.54. The Bertz CT molecular complexity index is 384. The number of halogens is 2. The Balaban J connectivity index is 0.00000162. The maximum atomic E-state index is 5.60. The zero-order chi connectivity index (χ0) is 11.8. The van der Waals surface area contributed by atoms with Gasteiger partial charge in [0.2, 0.25) is 0 Å². The first-order valence-corrected chi connectivity index (χ1v) is 5.91. The Morgan fingerprint density at radius 3 is 1.32 bits per heavy atom. The average Bonchev–Trinajstić information content (AvgIpc) is 2.41. The van der Waals surface area contributed by atoms with E-state index < -0.39 is 0 Å². The summed E-state index contributed by atoms with van der Waals surface area (Å²) in [5, 5.41) is 0. The fourth-order valence-corrected chi connectivity index (χ4v) is 1.61. The van der Waals surface area contributed by atoms with Crippen molar-refractivity contribution in [1.82, 2.24) is 0 Å². The summed E-state index contributed by atoms with van der Waals surface area (Å²) >= 11 is 0. The lowest BCUT2D eigenvalue weighted by Gasteiger charge is -1.99. The van der Waals surface area contributed by atoms with E-state index in [9.17, 15) is 0 Å². The van der Waals surface area contributed by atoms with Gasteiger partial charge in [-0.3, -0.25) is 0 Å². The third kappa shape index (κ3) is 7.11. The van der Waals surface area contributed by atoms with E-state index in [-0.39, 0.29) is 24.8 Å². The first-order chi connectivity index (χ1) is 8.45. The van der Waals surface area contributed by atoms with Crippen molar-refractivity contribution in [3.8, 4) is 0 Å². The van der Waals surface area contributed by atoms with E-state index in [4.69, 9.17) is 4.74 Å². The molecule has 0 aromatic carbocycles. The molecule has 0 aliphatic heterocycles. The van der Waals surface area contributed by atoms with Gasteiger partial charge in [0.1, 0.15) is 13.2 Å². The Kier molecular flexibility index (Phi) is 10.1. The molecule has 19 heavy (non-hydrogen) atoms. The monoisotopic (exact) mass is 300 g/mol. The molecule has 0 radical (unpaired) electrons. The second-order valence-corrected chi connectivity index (χ2v) is 3.84. The van der Waals surface area contributed by atoms with Crippen molar-refractivity contribution in [2.75, 3.05) is 13.2 Å². The quantitative estimate of drug-likeness (QED) is 0.386. The van der Waals surface area contributed by atoms with Crippen LogP contribution in [0.5, 0.6) is 0 Å². The number of nitrogens with zero attached hydrogens (tertiary/aromatic N) is 2. The minimum absolute atomic E-state index is 0. The molecule has 0 saturated heterocycles. The van der Waals surface area contributed by atoms with E-state index in [1.165, 1.54) is 0 Å². The molecule has 5 heteroatoms. The summed E-state index contributed by atoms with van der Waals surface area (Å²) in [5.41, 5.74) is 0. The highest BCUT2D eigenvalue weighted by Gasteiger charge is 2.00. The number of pyridine rings is 2. The van der Waals surface area contributed by atoms with Crippen LogP contribution in [0, 0.1) is 0 Å². The smallest absolute Gasteiger partial charge is 0.171 e. The largest absolute Gasteiger partial charge is 1.00 e. The highest BCUT2D eigenvalue weighted by Crippen LogP contribution is 1.81. The molecular weight excluding hydrogens is 283 g/mol. The van der Waals surface area contributed by atoms with Gasteiger partial charge in [-0.25, -0.2) is 9.13 Å². The summed E-state index contributed by atoms with van der Waals surface area (Å²) in [6.07, 6.45) is 8.20. The highest BCUT2D eigenvalue weighted by atomic mass is 35.5. The lowest BCUT2D eigenvalue weighted by Crippen LogP contribution is -3.00. The summed E-state index contributed by atoms with van der Waals surface area (Å²) in [6, 6.07) is 12.1. The van der Waals surface area contributed by atoms with Crippen molar-refractivity contribution in [2.24, 2.45) is 0 Å². The van der Waals surface area contributed by atoms with Crippen LogP contribution in [0.4, 0.5) is 0 Å². The normalized spacial score (nSPS) is 9.26. The standard InChI is InChI=1S/C14H18N2O.2ClH/c1-3-7-15(8-4-1)11-13-17-14-12-16-9-5-2-6-10-16;;/h1-10H,11-14H2;2*1H/q+2;;/p-2. The first kappa shape index (κ1) is 17.8. The lowest BCUT2D eigenvalue weighted by molar-refractivity contribution is -0.705. The Morgan fingerprint density at radius 2 is 0.947 bits per heavy atom. The summed E-state index contributed by atoms with van der Waals surface area (Å²) < 4.78 is 9.84. The van der Waals surface area contributed by atoms with E-state index in [1.54, 1.807) is 0 Å². The zero-order valence-electron chi connectivity index (χ0n) is 10.7. The van der Waals surface area contributed by atoms with E-state index in [0.29, 0.717) is 0 Å². The van der Waals surface area contributed by atoms with Gasteiger partial charge in [0.25, 0.3) is 0 Å². The molecule has 0 N–H and O–H groups in total. The molecule has 0 atom stereocenters. The molecule has 0 spiro atoms. The van der Waals surface area contributed by atoms with Crippen LogP contribution in [-0.4, -0.2) is 13.2 Å². The van der Waals surface area contributed by atoms with E-state index in [2.05, 4.69) is 33.9 Å². The molecular formula is C14H18Cl2N2O. The van der Waals surface area contributed by atoms with E-state index in [1.807, 2.05) is 36.4 Å². The van der Waals surface area contributed by atoms with Crippen molar-refractivity contribution >= 4 is 0 Å². The summed E-state index contributed by atoms with van der Waals surface area (Å²) in [6.45, 7) is 3.31. The Hall–Kier alpha value is -1.16. The van der Waals surface area contributed by atoms with Gasteiger partial charge in [0.05, 0.1) is 0 Å². The van der Waals surface area contributed by atoms with Crippen LogP contribution < -0.4 is 33.9 Å². The van der Waals surface area contributed by atoms with Crippen molar-refractivity contribution in [2.45, 2.75) is 13.1 Å². The maximum absolute atomic E-state index is 5.60. The molecule has 0 fully saturated rings. The topological polar surface area (TPSA) is 17.0 Å². The van der Waals surface area contributed by atoms with Crippen LogP contribution >= 0.6 is 0 Å². The minimum Gasteiger partial charge on any atom is -1.00 e. The molecule has 0 amide bonds. The predicted molar refractivity (Wildman–Crippen MR) is 64.1 cm³/mol. The molecule has 2 rings (SSSR count). The average molecular weight is 301 g/mol. The van der Waals surface area contributed by atoms with Gasteiger partial charge in [0.15, 0.2) is 37.9 Å². The van der Waals surface area contributed by atoms with E-state index >= 15 is 0 Å². The van der Waals surface area contributed by atoms with Gasteiger partial charge in [0, 0.05) is 24.3 Å². The van der Waals surface area contributed by atoms with Crippen LogP contribution in [0.2, 0.25) is 0 Å². The maximum Gasteiger partial charge on any atom is 0.171 e. The summed E-state index contributed by atoms with van der Waals surface area (Å²) in [4.78, 5) is 0. The van der Waals surface area contributed by atoms with Gasteiger partial charge in [-0.05, 0) is 0 Å². The predicted octanol–water partition coefficient (Wildman–Crippen LogP) is -5.01. The SMILES string of the molecule is [Cl-].[Cl-].c1cc[n+](CCOCC[n+]2ccccc2)cc1. The van der Waals surface area contributed by atoms with E-state index in [0.717, 1.165) is 26.3 Å². The number of aromatic nitrogens is 2. The molecule has 0 aliphatic carbocycles. The molecule has 104 valence electrons. The van der Waals surface area contributed by atoms with Crippen LogP contribution in [-0.2, 0) is 17.8 Å². The van der Waals surface area contributed by atoms with Crippen molar-refractivity contribution < 1.29 is 38.7 Å². The minimum atomic E-state index is 0. The van der Waals surface area contributed by atoms with Gasteiger partial charge in [-0.15, -0.1) is 0 Å². The van der Waals surface area contributed by atoms with Crippen LogP contribution in [0.25, 0.3) is 0 Å². The van der Waals surface area contributed by atoms with Crippen molar-refractivity contribution in [3.05, 3.63) is 61.2 Å². The molecule has 2 aromatic rings. The Labute approximate surface area is 126 Å². The molecule has 3 nitrogen and oxygen atoms in total. The molecule has 0 saturated carbocycles. The van der Waals surface area contributed by atoms with Crippen molar-refractivity contribution in [3.63, 3.8) is 0 Å². The van der Waals surface area contributed by atoms with Gasteiger partial charge in [-0.2, -0.15) is 0 Å². The fraction of sp³-hybridized carbons (Fsp3) is 0.286. The molecule has 2 heterocycles. The second kappa shape index (κ2) is 10.7. The molecule has 0 unspecified atom stereocenters. The lowest BCUT2D eigenvalue weighted by atomic mass is 10.5. The molecule has 0 aliphatic rings. The van der Waals surface area contributed by atoms with Gasteiger partial charge < -0.3 is 29.6 Å². The molecule has 0 bridgehead atoms. The van der Waals surface area contributed by atoms with Crippen LogP contribution in [0.1, 0.15) is 0 Å². The van der Waals surface area contributed by atoms with Crippen LogP contribution in [0.3, 0.4) is 0 Å². The van der Waals surface area contributed by atoms with Gasteiger partial charge >= 0.3 is 0 Å². The number of rotatable bonds is 6. The van der Waals surface area contributed by atoms with Gasteiger partial charge in [-0.1, -0.05) is 12.1 Å². The number of ether oxygens (including phenoxy) is 1. The zero-order valence-corrected chi connectivity index (χ0v) is 12.2. The number of hydrogen-bond donors (Lipinski definition) is 0.